The van der Waals surface area contributed by atoms with Gasteiger partial charge in [-0.2, -0.15) is 0 Å². The van der Waals surface area contributed by atoms with Gasteiger partial charge in [0, 0.05) is 18.3 Å². The molecular weight excluding hydrogens is 338 g/mol. The molecule has 1 amide bonds. The van der Waals surface area contributed by atoms with Crippen LogP contribution in [0.3, 0.4) is 0 Å². The number of sulfonamides is 1. The highest BCUT2D eigenvalue weighted by molar-refractivity contribution is 7.89. The van der Waals surface area contributed by atoms with Gasteiger partial charge in [0.05, 0.1) is 11.4 Å². The number of carbonyl (C=O) groups is 1. The van der Waals surface area contributed by atoms with E-state index in [9.17, 15) is 13.2 Å². The van der Waals surface area contributed by atoms with Crippen LogP contribution >= 0.6 is 0 Å². The highest BCUT2D eigenvalue weighted by atomic mass is 32.2. The number of nitrogens with one attached hydrogen (secondary N) is 2. The van der Waals surface area contributed by atoms with Crippen LogP contribution in [0.2, 0.25) is 0 Å². The van der Waals surface area contributed by atoms with Gasteiger partial charge < -0.3 is 5.32 Å². The molecule has 0 aliphatic carbocycles. The molecule has 2 N–H and O–H groups in total. The van der Waals surface area contributed by atoms with Crippen LogP contribution in [-0.4, -0.2) is 44.9 Å². The summed E-state index contributed by atoms with van der Waals surface area (Å²) in [7, 11) is -3.52. The van der Waals surface area contributed by atoms with Gasteiger partial charge in [-0.1, -0.05) is 13.8 Å². The van der Waals surface area contributed by atoms with Gasteiger partial charge >= 0.3 is 0 Å². The molecule has 2 rings (SSSR count). The Balaban J connectivity index is 1.92. The lowest BCUT2D eigenvalue weighted by molar-refractivity contribution is -0.117. The molecule has 1 aliphatic rings. The van der Waals surface area contributed by atoms with Crippen molar-refractivity contribution in [3.05, 3.63) is 24.3 Å². The van der Waals surface area contributed by atoms with Crippen molar-refractivity contribution in [3.63, 3.8) is 0 Å². The summed E-state index contributed by atoms with van der Waals surface area (Å²) in [6.45, 7) is 8.24. The zero-order chi connectivity index (χ0) is 18.4. The Kier molecular flexibility index (Phi) is 6.98. The number of benzene rings is 1. The summed E-state index contributed by atoms with van der Waals surface area (Å²) in [5, 5.41) is 2.84. The van der Waals surface area contributed by atoms with Gasteiger partial charge in [-0.15, -0.1) is 0 Å². The Morgan fingerprint density at radius 2 is 2.00 bits per heavy atom. The van der Waals surface area contributed by atoms with Crippen molar-refractivity contribution in [2.24, 2.45) is 5.92 Å². The molecule has 7 heteroatoms. The Bertz CT molecular complexity index is 673. The lowest BCUT2D eigenvalue weighted by atomic mass is 10.0. The minimum atomic E-state index is -3.52. The molecule has 0 aromatic heterocycles. The molecule has 1 saturated heterocycles. The molecule has 1 heterocycles. The average Bonchev–Trinajstić information content (AvgIpc) is 2.54. The van der Waals surface area contributed by atoms with E-state index in [4.69, 9.17) is 0 Å². The predicted molar refractivity (Wildman–Crippen MR) is 100.0 cm³/mol. The summed E-state index contributed by atoms with van der Waals surface area (Å²) >= 11 is 0. The van der Waals surface area contributed by atoms with Crippen molar-refractivity contribution in [1.29, 1.82) is 0 Å². The van der Waals surface area contributed by atoms with Gasteiger partial charge in [-0.25, -0.2) is 13.1 Å². The van der Waals surface area contributed by atoms with Gasteiger partial charge in [0.25, 0.3) is 0 Å². The van der Waals surface area contributed by atoms with Gasteiger partial charge in [-0.3, -0.25) is 9.69 Å². The van der Waals surface area contributed by atoms with Crippen LogP contribution in [0.25, 0.3) is 0 Å². The van der Waals surface area contributed by atoms with Crippen LogP contribution in [0, 0.1) is 5.92 Å². The summed E-state index contributed by atoms with van der Waals surface area (Å²) in [6.07, 6.45) is 3.07. The number of hydrogen-bond acceptors (Lipinski definition) is 4. The maximum absolute atomic E-state index is 12.2. The summed E-state index contributed by atoms with van der Waals surface area (Å²) in [4.78, 5) is 14.5. The Morgan fingerprint density at radius 1 is 1.32 bits per heavy atom. The number of likely N-dealkylation sites (tertiary alicyclic amines) is 1. The number of rotatable bonds is 7. The SMILES string of the molecule is CCC(C)NS(=O)(=O)c1ccc(NC(=O)CN2CCCC(C)C2)cc1. The first-order valence-electron chi connectivity index (χ1n) is 8.94. The van der Waals surface area contributed by atoms with Crippen LogP contribution < -0.4 is 10.0 Å². The largest absolute Gasteiger partial charge is 0.325 e. The quantitative estimate of drug-likeness (QED) is 0.776. The summed E-state index contributed by atoms with van der Waals surface area (Å²) in [5.41, 5.74) is 0.609. The number of hydrogen-bond donors (Lipinski definition) is 2. The first-order valence-corrected chi connectivity index (χ1v) is 10.4. The van der Waals surface area contributed by atoms with Gasteiger partial charge in [-0.05, 0) is 62.9 Å². The molecule has 2 unspecified atom stereocenters. The fourth-order valence-corrected chi connectivity index (χ4v) is 4.29. The second-order valence-corrected chi connectivity index (χ2v) is 8.70. The number of anilines is 1. The topological polar surface area (TPSA) is 78.5 Å². The molecule has 1 aromatic carbocycles. The van der Waals surface area contributed by atoms with Crippen LogP contribution in [0.5, 0.6) is 0 Å². The second-order valence-electron chi connectivity index (χ2n) is 6.99. The third kappa shape index (κ3) is 6.09. The maximum Gasteiger partial charge on any atom is 0.240 e. The molecule has 1 aromatic rings. The Labute approximate surface area is 151 Å². The molecule has 6 nitrogen and oxygen atoms in total. The summed E-state index contributed by atoms with van der Waals surface area (Å²) < 4.78 is 27.1. The fraction of sp³-hybridized carbons (Fsp3) is 0.611. The third-order valence-electron chi connectivity index (χ3n) is 4.53. The number of carbonyl (C=O) groups excluding carboxylic acids is 1. The van der Waals surface area contributed by atoms with E-state index in [1.54, 1.807) is 12.1 Å². The average molecular weight is 368 g/mol. The summed E-state index contributed by atoms with van der Waals surface area (Å²) in [6, 6.07) is 6.17. The zero-order valence-electron chi connectivity index (χ0n) is 15.3. The molecular formula is C18H29N3O3S. The van der Waals surface area contributed by atoms with Crippen LogP contribution in [0.4, 0.5) is 5.69 Å². The minimum absolute atomic E-state index is 0.0672. The molecule has 25 heavy (non-hydrogen) atoms. The van der Waals surface area contributed by atoms with Crippen LogP contribution in [-0.2, 0) is 14.8 Å². The van der Waals surface area contributed by atoms with Gasteiger partial charge in [0.15, 0.2) is 0 Å². The monoisotopic (exact) mass is 367 g/mol. The van der Waals surface area contributed by atoms with Crippen LogP contribution in [0.1, 0.15) is 40.0 Å². The van der Waals surface area contributed by atoms with Crippen molar-refractivity contribution in [2.75, 3.05) is 25.0 Å². The maximum atomic E-state index is 12.2. The van der Waals surface area contributed by atoms with Crippen molar-refractivity contribution < 1.29 is 13.2 Å². The molecule has 140 valence electrons. The number of piperidine rings is 1. The summed E-state index contributed by atoms with van der Waals surface area (Å²) in [5.74, 6) is 0.562. The third-order valence-corrected chi connectivity index (χ3v) is 6.13. The predicted octanol–water partition coefficient (Wildman–Crippen LogP) is 2.43. The minimum Gasteiger partial charge on any atom is -0.325 e. The van der Waals surface area contributed by atoms with Gasteiger partial charge in [0.1, 0.15) is 0 Å². The first-order chi connectivity index (χ1) is 11.8. The molecule has 1 aliphatic heterocycles. The van der Waals surface area contributed by atoms with Crippen LogP contribution in [0.15, 0.2) is 29.2 Å². The Morgan fingerprint density at radius 3 is 2.60 bits per heavy atom. The molecule has 0 spiro atoms. The molecule has 0 bridgehead atoms. The number of nitrogens with zero attached hydrogens (tertiary/aromatic N) is 1. The normalized spacial score (nSPS) is 20.2. The van der Waals surface area contributed by atoms with E-state index in [0.717, 1.165) is 25.9 Å². The highest BCUT2D eigenvalue weighted by Crippen LogP contribution is 2.17. The standard InChI is InChI=1S/C18H29N3O3S/c1-4-15(3)20-25(23,24)17-9-7-16(8-10-17)19-18(22)13-21-11-5-6-14(2)12-21/h7-10,14-15,20H,4-6,11-13H2,1-3H3,(H,19,22). The molecule has 1 fully saturated rings. The second kappa shape index (κ2) is 8.78. The fourth-order valence-electron chi connectivity index (χ4n) is 2.97. The lowest BCUT2D eigenvalue weighted by Crippen LogP contribution is -2.39. The number of amides is 1. The van der Waals surface area contributed by atoms with E-state index in [0.29, 0.717) is 18.2 Å². The van der Waals surface area contributed by atoms with Gasteiger partial charge in [0.2, 0.25) is 15.9 Å². The molecule has 2 atom stereocenters. The van der Waals surface area contributed by atoms with E-state index in [1.807, 2.05) is 13.8 Å². The lowest BCUT2D eigenvalue weighted by Gasteiger charge is -2.30. The molecule has 0 saturated carbocycles. The van der Waals surface area contributed by atoms with E-state index in [-0.39, 0.29) is 16.8 Å². The zero-order valence-corrected chi connectivity index (χ0v) is 16.1. The smallest absolute Gasteiger partial charge is 0.240 e. The van der Waals surface area contributed by atoms with Crippen molar-refractivity contribution in [1.82, 2.24) is 9.62 Å². The van der Waals surface area contributed by atoms with E-state index in [2.05, 4.69) is 21.9 Å². The van der Waals surface area contributed by atoms with E-state index < -0.39 is 10.0 Å². The van der Waals surface area contributed by atoms with Crippen molar-refractivity contribution in [3.8, 4) is 0 Å². The van der Waals surface area contributed by atoms with E-state index >= 15 is 0 Å². The van der Waals surface area contributed by atoms with Crippen molar-refractivity contribution >= 4 is 21.6 Å². The first kappa shape index (κ1) is 19.9. The van der Waals surface area contributed by atoms with E-state index in [1.165, 1.54) is 18.6 Å². The molecule has 0 radical (unpaired) electrons. The highest BCUT2D eigenvalue weighted by Gasteiger charge is 2.19. The Hall–Kier alpha value is -1.44. The van der Waals surface area contributed by atoms with Crippen molar-refractivity contribution in [2.45, 2.75) is 51.0 Å².